The van der Waals surface area contributed by atoms with E-state index in [2.05, 4.69) is 10.3 Å². The van der Waals surface area contributed by atoms with Crippen molar-refractivity contribution in [1.29, 1.82) is 0 Å². The monoisotopic (exact) mass is 810 g/mol. The molecule has 6 N–H and O–H groups in total. The molecule has 0 spiro atoms. The smallest absolute Gasteiger partial charge is 0.374 e. The highest BCUT2D eigenvalue weighted by atomic mass is 32.5. The van der Waals surface area contributed by atoms with Gasteiger partial charge in [-0.05, 0) is 58.2 Å². The van der Waals surface area contributed by atoms with Gasteiger partial charge in [-0.2, -0.15) is 0 Å². The molecule has 4 heterocycles. The zero-order valence-corrected chi connectivity index (χ0v) is 32.0. The molecule has 25 heteroatoms. The third-order valence-electron chi connectivity index (χ3n) is 7.49. The third-order valence-corrected chi connectivity index (χ3v) is 11.4. The van der Waals surface area contributed by atoms with Crippen molar-refractivity contribution < 1.29 is 65.8 Å². The molecule has 1 aromatic rings. The number of nitrogens with zero attached hydrogens (tertiary/aromatic N) is 2. The molecule has 0 aromatic carbocycles. The first-order chi connectivity index (χ1) is 23.0. The highest BCUT2D eigenvalue weighted by Crippen LogP contribution is 2.53. The SMILES string of the molecule is CO[C@H]1C(OP(O)(=S)OC(C)(C)C)[C@@H](COP(O)(=S)OC[C@H]2OCC(N3C=C(C)C(=O)NC3C)[C@H]2OP(=O)(O)O)O[C@H]1n1ccc(=O)[nH]c1=O. The fourth-order valence-electron chi connectivity index (χ4n) is 5.48. The average Bonchev–Trinajstić information content (AvgIpc) is 3.50. The zero-order chi connectivity index (χ0) is 37.4. The number of rotatable bonds is 14. The first-order valence-electron chi connectivity index (χ1n) is 14.9. The van der Waals surface area contributed by atoms with E-state index in [1.165, 1.54) is 19.5 Å². The zero-order valence-electron chi connectivity index (χ0n) is 27.7. The lowest BCUT2D eigenvalue weighted by molar-refractivity contribution is -0.120. The summed E-state index contributed by atoms with van der Waals surface area (Å²) in [5.41, 5.74) is -2.09. The molecular formula is C25H41N4O16P3S2. The number of methoxy groups -OCH3 is 1. The summed E-state index contributed by atoms with van der Waals surface area (Å²) in [6.07, 6.45) is -5.26. The summed E-state index contributed by atoms with van der Waals surface area (Å²) in [6, 6.07) is 0.287. The predicted octanol–water partition coefficient (Wildman–Crippen LogP) is 0.0430. The lowest BCUT2D eigenvalue weighted by Crippen LogP contribution is -2.56. The van der Waals surface area contributed by atoms with Gasteiger partial charge in [0, 0.05) is 31.1 Å². The van der Waals surface area contributed by atoms with Gasteiger partial charge in [0.2, 0.25) is 5.91 Å². The van der Waals surface area contributed by atoms with E-state index in [1.54, 1.807) is 39.5 Å². The lowest BCUT2D eigenvalue weighted by Gasteiger charge is -2.39. The van der Waals surface area contributed by atoms with Gasteiger partial charge in [-0.25, -0.2) is 9.36 Å². The van der Waals surface area contributed by atoms with Gasteiger partial charge in [0.05, 0.1) is 37.6 Å². The second kappa shape index (κ2) is 16.0. The molecule has 3 aliphatic heterocycles. The van der Waals surface area contributed by atoms with Crippen LogP contribution in [0.25, 0.3) is 0 Å². The van der Waals surface area contributed by atoms with Crippen molar-refractivity contribution in [3.05, 3.63) is 44.9 Å². The van der Waals surface area contributed by atoms with Crippen LogP contribution >= 0.6 is 21.3 Å². The van der Waals surface area contributed by atoms with Crippen LogP contribution in [0.4, 0.5) is 0 Å². The standard InChI is InChI=1S/C25H41N4O16P3S2/c1-13-9-29(14(2)26-22(13)31)15-10-39-16(19(15)43-46(33,34)35)11-40-47(36,49)41-12-17-20(44-48(37,50)45-25(3,4)5)21(38-6)23(42-17)28-8-7-18(30)27-24(28)32/h7-9,14-17,19-21,23H,10-12H2,1-6H3,(H,26,31)(H,36,49)(H,37,50)(H,27,30,32)(H2,33,34,35)/t14?,15?,16-,17-,19-,20?,21+,23-,47?,48?/m1/s1. The van der Waals surface area contributed by atoms with Crippen LogP contribution in [-0.4, -0.2) is 115 Å². The third kappa shape index (κ3) is 10.9. The number of aromatic amines is 1. The van der Waals surface area contributed by atoms with E-state index in [0.717, 1.165) is 10.6 Å². The van der Waals surface area contributed by atoms with Crippen molar-refractivity contribution in [3.8, 4) is 0 Å². The maximum atomic E-state index is 12.6. The Morgan fingerprint density at radius 3 is 2.22 bits per heavy atom. The fourth-order valence-corrected chi connectivity index (χ4v) is 9.45. The Kier molecular flexibility index (Phi) is 13.3. The molecule has 2 fully saturated rings. The normalized spacial score (nSPS) is 31.6. The van der Waals surface area contributed by atoms with Gasteiger partial charge in [0.25, 0.3) is 5.56 Å². The van der Waals surface area contributed by atoms with E-state index in [1.807, 2.05) is 0 Å². The van der Waals surface area contributed by atoms with E-state index in [0.29, 0.717) is 5.57 Å². The van der Waals surface area contributed by atoms with Crippen molar-refractivity contribution in [2.24, 2.45) is 0 Å². The Morgan fingerprint density at radius 2 is 1.64 bits per heavy atom. The summed E-state index contributed by atoms with van der Waals surface area (Å²) >= 11 is 10.4. The Bertz CT molecular complexity index is 1700. The van der Waals surface area contributed by atoms with Gasteiger partial charge in [-0.15, -0.1) is 0 Å². The molecule has 1 amide bonds. The van der Waals surface area contributed by atoms with Crippen LogP contribution in [0.2, 0.25) is 0 Å². The minimum atomic E-state index is -5.07. The van der Waals surface area contributed by atoms with Crippen molar-refractivity contribution in [3.63, 3.8) is 0 Å². The number of phosphoric acid groups is 1. The van der Waals surface area contributed by atoms with Crippen LogP contribution in [0.3, 0.4) is 0 Å². The quantitative estimate of drug-likeness (QED) is 0.136. The molecule has 0 radical (unpaired) electrons. The summed E-state index contributed by atoms with van der Waals surface area (Å²) in [5, 5.41) is 2.73. The molecule has 50 heavy (non-hydrogen) atoms. The maximum absolute atomic E-state index is 12.6. The maximum Gasteiger partial charge on any atom is 0.470 e. The van der Waals surface area contributed by atoms with Crippen LogP contribution in [-0.2, 0) is 69.8 Å². The number of carbonyl (C=O) groups excluding carboxylic acids is 1. The average molecular weight is 811 g/mol. The van der Waals surface area contributed by atoms with Gasteiger partial charge >= 0.3 is 26.9 Å². The topological polar surface area (TPSA) is 259 Å². The number of aromatic nitrogens is 2. The first-order valence-corrected chi connectivity index (χ1v) is 21.7. The number of ether oxygens (including phenoxy) is 3. The number of H-pyrrole nitrogens is 1. The minimum absolute atomic E-state index is 0.0968. The molecule has 20 nitrogen and oxygen atoms in total. The molecule has 3 aliphatic rings. The second-order valence-corrected chi connectivity index (χ2v) is 19.2. The van der Waals surface area contributed by atoms with Crippen LogP contribution in [0.15, 0.2) is 33.6 Å². The summed E-state index contributed by atoms with van der Waals surface area (Å²) in [7, 11) is -3.79. The van der Waals surface area contributed by atoms with Gasteiger partial charge in [-0.1, -0.05) is 0 Å². The number of carbonyl (C=O) groups is 1. The molecule has 0 bridgehead atoms. The summed E-state index contributed by atoms with van der Waals surface area (Å²) in [5.74, 6) is -0.313. The van der Waals surface area contributed by atoms with Crippen molar-refractivity contribution in [2.45, 2.75) is 89.2 Å². The second-order valence-electron chi connectivity index (χ2n) is 12.5. The van der Waals surface area contributed by atoms with E-state index >= 15 is 0 Å². The molecule has 1 aromatic heterocycles. The fraction of sp³-hybridized carbons (Fsp3) is 0.720. The Balaban J connectivity index is 1.51. The van der Waals surface area contributed by atoms with Crippen LogP contribution in [0, 0.1) is 0 Å². The number of amides is 1. The summed E-state index contributed by atoms with van der Waals surface area (Å²) in [4.78, 5) is 81.3. The molecule has 10 atom stereocenters. The number of hydrogen-bond donors (Lipinski definition) is 6. The van der Waals surface area contributed by atoms with Gasteiger partial charge < -0.3 is 57.6 Å². The predicted molar refractivity (Wildman–Crippen MR) is 180 cm³/mol. The van der Waals surface area contributed by atoms with Crippen molar-refractivity contribution in [2.75, 3.05) is 26.9 Å². The highest BCUT2D eigenvalue weighted by molar-refractivity contribution is 8.07. The van der Waals surface area contributed by atoms with Gasteiger partial charge in [0.15, 0.2) is 6.23 Å². The van der Waals surface area contributed by atoms with E-state index < -0.39 is 100 Å². The van der Waals surface area contributed by atoms with E-state index in [4.69, 9.17) is 60.4 Å². The van der Waals surface area contributed by atoms with Crippen LogP contribution in [0.1, 0.15) is 40.8 Å². The summed E-state index contributed by atoms with van der Waals surface area (Å²) in [6.45, 7) is -1.23. The summed E-state index contributed by atoms with van der Waals surface area (Å²) < 4.78 is 57.8. The van der Waals surface area contributed by atoms with Crippen LogP contribution < -0.4 is 16.6 Å². The molecule has 2 saturated heterocycles. The molecule has 4 rings (SSSR count). The minimum Gasteiger partial charge on any atom is -0.374 e. The van der Waals surface area contributed by atoms with E-state index in [-0.39, 0.29) is 12.5 Å². The Hall–Kier alpha value is -1.26. The molecule has 5 unspecified atom stereocenters. The Morgan fingerprint density at radius 1 is 1.00 bits per heavy atom. The Labute approximate surface area is 296 Å². The van der Waals surface area contributed by atoms with Gasteiger partial charge in [-0.3, -0.25) is 28.2 Å². The van der Waals surface area contributed by atoms with Crippen molar-refractivity contribution in [1.82, 2.24) is 19.8 Å². The molecule has 0 aliphatic carbocycles. The number of nitrogens with one attached hydrogen (secondary N) is 2. The van der Waals surface area contributed by atoms with Crippen LogP contribution in [0.5, 0.6) is 0 Å². The van der Waals surface area contributed by atoms with E-state index in [9.17, 15) is 38.5 Å². The number of hydrogen-bond acceptors (Lipinski definition) is 15. The van der Waals surface area contributed by atoms with Gasteiger partial charge in [0.1, 0.15) is 30.5 Å². The molecule has 0 saturated carbocycles. The number of phosphoric ester groups is 1. The highest BCUT2D eigenvalue weighted by Gasteiger charge is 2.51. The largest absolute Gasteiger partial charge is 0.470 e. The van der Waals surface area contributed by atoms with Crippen molar-refractivity contribution >= 4 is 50.8 Å². The molecule has 284 valence electrons. The lowest BCUT2D eigenvalue weighted by atomic mass is 10.1. The molecular weight excluding hydrogens is 769 g/mol. The first kappa shape index (κ1) is 41.5.